The Kier molecular flexibility index (Phi) is 4.13. The minimum absolute atomic E-state index is 0.381. The third-order valence-corrected chi connectivity index (χ3v) is 0.686. The third kappa shape index (κ3) is 10.6. The highest BCUT2D eigenvalue weighted by molar-refractivity contribution is 4.77. The number of aromatic amines is 2. The predicted molar refractivity (Wildman–Crippen MR) is 51.6 cm³/mol. The van der Waals surface area contributed by atoms with E-state index in [1.54, 1.807) is 0 Å². The molecule has 0 radical (unpaired) electrons. The first-order chi connectivity index (χ1) is 5.79. The van der Waals surface area contributed by atoms with E-state index in [4.69, 9.17) is 0 Å². The van der Waals surface area contributed by atoms with Crippen molar-refractivity contribution in [2.45, 2.75) is 0 Å². The standard InChI is InChI=1S/C4H4N2O2.C4H12N/c7-3-1-2-5-4(8)6-3;1-5(2,3)4/h1-2H,(H2,5,6,7,8);1-4H3/q;+1. The normalized spacial score (nSPS) is 10.2. The van der Waals surface area contributed by atoms with Crippen molar-refractivity contribution >= 4 is 0 Å². The van der Waals surface area contributed by atoms with Crippen LogP contribution in [-0.2, 0) is 0 Å². The van der Waals surface area contributed by atoms with Gasteiger partial charge in [0.05, 0.1) is 28.2 Å². The summed E-state index contributed by atoms with van der Waals surface area (Å²) in [7, 11) is 8.50. The summed E-state index contributed by atoms with van der Waals surface area (Å²) < 4.78 is 1.00. The maximum Gasteiger partial charge on any atom is 0.325 e. The van der Waals surface area contributed by atoms with Gasteiger partial charge >= 0.3 is 5.69 Å². The van der Waals surface area contributed by atoms with Gasteiger partial charge in [-0.15, -0.1) is 0 Å². The molecule has 74 valence electrons. The van der Waals surface area contributed by atoms with Gasteiger partial charge in [0, 0.05) is 12.3 Å². The summed E-state index contributed by atoms with van der Waals surface area (Å²) in [4.78, 5) is 24.7. The van der Waals surface area contributed by atoms with Crippen LogP contribution in [0.25, 0.3) is 0 Å². The molecule has 0 atom stereocenters. The Morgan fingerprint density at radius 3 is 1.85 bits per heavy atom. The van der Waals surface area contributed by atoms with Gasteiger partial charge in [0.2, 0.25) is 0 Å². The van der Waals surface area contributed by atoms with E-state index in [2.05, 4.69) is 33.2 Å². The second kappa shape index (κ2) is 4.61. The van der Waals surface area contributed by atoms with Crippen LogP contribution in [0.2, 0.25) is 0 Å². The SMILES string of the molecule is C[N+](C)(C)C.O=c1cc[nH]c(=O)[nH]1. The van der Waals surface area contributed by atoms with Gasteiger partial charge in [-0.05, 0) is 0 Å². The van der Waals surface area contributed by atoms with Crippen molar-refractivity contribution in [1.29, 1.82) is 0 Å². The molecule has 5 heteroatoms. The van der Waals surface area contributed by atoms with Crippen molar-refractivity contribution in [1.82, 2.24) is 9.97 Å². The molecule has 0 amide bonds. The maximum atomic E-state index is 10.2. The third-order valence-electron chi connectivity index (χ3n) is 0.686. The van der Waals surface area contributed by atoms with Crippen LogP contribution in [0.3, 0.4) is 0 Å². The molecule has 1 heterocycles. The minimum Gasteiger partial charge on any atom is -0.333 e. The fraction of sp³-hybridized carbons (Fsp3) is 0.500. The van der Waals surface area contributed by atoms with Crippen LogP contribution >= 0.6 is 0 Å². The average Bonchev–Trinajstić information content (AvgIpc) is 1.81. The Hall–Kier alpha value is -1.36. The molecule has 0 unspecified atom stereocenters. The molecule has 2 N–H and O–H groups in total. The Balaban J connectivity index is 0.000000252. The van der Waals surface area contributed by atoms with Gasteiger partial charge in [-0.1, -0.05) is 0 Å². The van der Waals surface area contributed by atoms with Gasteiger partial charge in [-0.25, -0.2) is 4.79 Å². The number of H-pyrrole nitrogens is 2. The van der Waals surface area contributed by atoms with E-state index in [0.717, 1.165) is 4.48 Å². The van der Waals surface area contributed by atoms with Crippen molar-refractivity contribution < 1.29 is 4.48 Å². The van der Waals surface area contributed by atoms with E-state index in [-0.39, 0.29) is 5.56 Å². The number of nitrogens with one attached hydrogen (secondary N) is 2. The van der Waals surface area contributed by atoms with Crippen LogP contribution in [0, 0.1) is 0 Å². The van der Waals surface area contributed by atoms with Crippen molar-refractivity contribution in [3.05, 3.63) is 33.1 Å². The van der Waals surface area contributed by atoms with Crippen molar-refractivity contribution in [3.8, 4) is 0 Å². The van der Waals surface area contributed by atoms with E-state index in [1.165, 1.54) is 12.3 Å². The molecular formula is C8H16N3O2+. The molecule has 0 saturated heterocycles. The van der Waals surface area contributed by atoms with Crippen LogP contribution in [-0.4, -0.2) is 42.6 Å². The number of hydrogen-bond acceptors (Lipinski definition) is 2. The lowest BCUT2D eigenvalue weighted by Crippen LogP contribution is -2.27. The first-order valence-electron chi connectivity index (χ1n) is 3.86. The topological polar surface area (TPSA) is 65.7 Å². The van der Waals surface area contributed by atoms with Gasteiger partial charge in [-0.3, -0.25) is 9.78 Å². The first kappa shape index (κ1) is 11.6. The molecule has 0 aromatic carbocycles. The molecule has 0 aliphatic heterocycles. The Labute approximate surface area is 76.6 Å². The molecular weight excluding hydrogens is 170 g/mol. The van der Waals surface area contributed by atoms with Gasteiger partial charge < -0.3 is 9.47 Å². The quantitative estimate of drug-likeness (QED) is 0.531. The number of nitrogens with zero attached hydrogens (tertiary/aromatic N) is 1. The van der Waals surface area contributed by atoms with E-state index >= 15 is 0 Å². The first-order valence-corrected chi connectivity index (χ1v) is 3.86. The molecule has 1 rings (SSSR count). The Morgan fingerprint density at radius 1 is 1.15 bits per heavy atom. The number of quaternary nitrogens is 1. The van der Waals surface area contributed by atoms with Crippen LogP contribution in [0.1, 0.15) is 0 Å². The molecule has 0 saturated carbocycles. The molecule has 0 aliphatic rings. The second-order valence-corrected chi connectivity index (χ2v) is 3.98. The van der Waals surface area contributed by atoms with Gasteiger partial charge in [-0.2, -0.15) is 0 Å². The molecule has 0 spiro atoms. The fourth-order valence-corrected chi connectivity index (χ4v) is 0.383. The highest BCUT2D eigenvalue weighted by Gasteiger charge is 1.88. The van der Waals surface area contributed by atoms with Gasteiger partial charge in [0.25, 0.3) is 5.56 Å². The molecule has 1 aromatic heterocycles. The summed E-state index contributed by atoms with van der Waals surface area (Å²) in [6, 6.07) is 1.24. The van der Waals surface area contributed by atoms with E-state index in [0.29, 0.717) is 0 Å². The van der Waals surface area contributed by atoms with E-state index in [1.807, 2.05) is 4.98 Å². The summed E-state index contributed by atoms with van der Waals surface area (Å²) in [6.45, 7) is 0. The number of aromatic nitrogens is 2. The second-order valence-electron chi connectivity index (χ2n) is 3.98. The molecule has 1 aromatic rings. The highest BCUT2D eigenvalue weighted by Crippen LogP contribution is 1.73. The minimum atomic E-state index is -0.475. The van der Waals surface area contributed by atoms with Crippen molar-refractivity contribution in [2.24, 2.45) is 0 Å². The predicted octanol–water partition coefficient (Wildman–Crippen LogP) is -0.614. The molecule has 5 nitrogen and oxygen atoms in total. The van der Waals surface area contributed by atoms with Crippen LogP contribution in [0.15, 0.2) is 21.9 Å². The number of rotatable bonds is 0. The summed E-state index contributed by atoms with van der Waals surface area (Å²) in [5, 5.41) is 0. The molecule has 13 heavy (non-hydrogen) atoms. The largest absolute Gasteiger partial charge is 0.333 e. The summed E-state index contributed by atoms with van der Waals surface area (Å²) in [5.74, 6) is 0. The number of hydrogen-bond donors (Lipinski definition) is 2. The van der Waals surface area contributed by atoms with Gasteiger partial charge in [0.15, 0.2) is 0 Å². The zero-order valence-electron chi connectivity index (χ0n) is 8.42. The monoisotopic (exact) mass is 186 g/mol. The Morgan fingerprint density at radius 2 is 1.62 bits per heavy atom. The lowest BCUT2D eigenvalue weighted by atomic mass is 10.7. The average molecular weight is 186 g/mol. The summed E-state index contributed by atoms with van der Waals surface area (Å²) in [5.41, 5.74) is -0.855. The smallest absolute Gasteiger partial charge is 0.325 e. The van der Waals surface area contributed by atoms with Gasteiger partial charge in [0.1, 0.15) is 0 Å². The maximum absolute atomic E-state index is 10.2. The lowest BCUT2D eigenvalue weighted by Gasteiger charge is -2.14. The molecule has 0 aliphatic carbocycles. The van der Waals surface area contributed by atoms with E-state index in [9.17, 15) is 9.59 Å². The van der Waals surface area contributed by atoms with Crippen molar-refractivity contribution in [2.75, 3.05) is 28.2 Å². The zero-order valence-corrected chi connectivity index (χ0v) is 8.42. The summed E-state index contributed by atoms with van der Waals surface area (Å²) in [6.07, 6.45) is 1.29. The fourth-order valence-electron chi connectivity index (χ4n) is 0.383. The van der Waals surface area contributed by atoms with Crippen LogP contribution < -0.4 is 11.2 Å². The Bertz CT molecular complexity index is 314. The van der Waals surface area contributed by atoms with Crippen molar-refractivity contribution in [3.63, 3.8) is 0 Å². The molecule has 0 bridgehead atoms. The van der Waals surface area contributed by atoms with E-state index < -0.39 is 5.69 Å². The van der Waals surface area contributed by atoms with Crippen LogP contribution in [0.4, 0.5) is 0 Å². The highest BCUT2D eigenvalue weighted by atomic mass is 16.2. The van der Waals surface area contributed by atoms with Crippen LogP contribution in [0.5, 0.6) is 0 Å². The zero-order chi connectivity index (χ0) is 10.5. The lowest BCUT2D eigenvalue weighted by molar-refractivity contribution is -0.849. The summed E-state index contributed by atoms with van der Waals surface area (Å²) >= 11 is 0. The molecule has 0 fully saturated rings.